The van der Waals surface area contributed by atoms with Crippen molar-refractivity contribution >= 4 is 11.6 Å². The average molecular weight is 288 g/mol. The van der Waals surface area contributed by atoms with Crippen LogP contribution in [-0.4, -0.2) is 13.7 Å². The summed E-state index contributed by atoms with van der Waals surface area (Å²) in [6, 6.07) is 12.8. The monoisotopic (exact) mass is 287 g/mol. The van der Waals surface area contributed by atoms with E-state index in [1.54, 1.807) is 0 Å². The van der Waals surface area contributed by atoms with Crippen molar-refractivity contribution in [2.75, 3.05) is 13.7 Å². The van der Waals surface area contributed by atoms with Gasteiger partial charge in [-0.05, 0) is 36.7 Å². The van der Waals surface area contributed by atoms with Crippen LogP contribution in [0.15, 0.2) is 36.4 Å². The molecule has 0 aliphatic carbocycles. The van der Waals surface area contributed by atoms with Crippen molar-refractivity contribution in [1.29, 1.82) is 0 Å². The van der Waals surface area contributed by atoms with E-state index in [0.29, 0.717) is 0 Å². The van der Waals surface area contributed by atoms with Gasteiger partial charge >= 0.3 is 0 Å². The second-order valence-corrected chi connectivity index (χ2v) is 5.55. The molecule has 104 valence electrons. The highest BCUT2D eigenvalue weighted by molar-refractivity contribution is 6.31. The van der Waals surface area contributed by atoms with E-state index in [0.717, 1.165) is 40.5 Å². The third-order valence-electron chi connectivity index (χ3n) is 3.93. The third-order valence-corrected chi connectivity index (χ3v) is 4.25. The molecule has 2 aromatic rings. The Morgan fingerprint density at radius 3 is 2.85 bits per heavy atom. The number of rotatable bonds is 3. The first kappa shape index (κ1) is 13.5. The van der Waals surface area contributed by atoms with Crippen molar-refractivity contribution < 1.29 is 4.74 Å². The molecule has 1 N–H and O–H groups in total. The lowest BCUT2D eigenvalue weighted by Crippen LogP contribution is -2.12. The lowest BCUT2D eigenvalue weighted by atomic mass is 9.98. The van der Waals surface area contributed by atoms with E-state index in [9.17, 15) is 0 Å². The molecule has 0 bridgehead atoms. The molecule has 1 atom stereocenters. The van der Waals surface area contributed by atoms with Crippen molar-refractivity contribution in [3.05, 3.63) is 52.5 Å². The molecular formula is C17H18ClNO. The van der Waals surface area contributed by atoms with Gasteiger partial charge in [-0.3, -0.25) is 0 Å². The highest BCUT2D eigenvalue weighted by atomic mass is 35.5. The van der Waals surface area contributed by atoms with Gasteiger partial charge in [-0.1, -0.05) is 41.9 Å². The summed E-state index contributed by atoms with van der Waals surface area (Å²) in [4.78, 5) is 0. The summed E-state index contributed by atoms with van der Waals surface area (Å²) < 4.78 is 5.77. The van der Waals surface area contributed by atoms with Crippen LogP contribution >= 0.6 is 11.6 Å². The highest BCUT2D eigenvalue weighted by Crippen LogP contribution is 2.38. The van der Waals surface area contributed by atoms with Gasteiger partial charge in [0.05, 0.1) is 6.61 Å². The Morgan fingerprint density at radius 1 is 1.25 bits per heavy atom. The minimum atomic E-state index is 0.245. The van der Waals surface area contributed by atoms with Gasteiger partial charge in [0.2, 0.25) is 0 Å². The van der Waals surface area contributed by atoms with Crippen LogP contribution in [-0.2, 0) is 6.42 Å². The maximum absolute atomic E-state index is 6.42. The smallest absolute Gasteiger partial charge is 0.130 e. The van der Waals surface area contributed by atoms with Crippen LogP contribution in [0.5, 0.6) is 5.75 Å². The Morgan fingerprint density at radius 2 is 2.10 bits per heavy atom. The standard InChI is InChI=1S/C17H18ClNO/c1-11(19-2)14-7-6-13(10-16(14)18)15-5-3-4-12-8-9-20-17(12)15/h3-7,10-11,19H,8-9H2,1-2H3. The maximum Gasteiger partial charge on any atom is 0.130 e. The number of benzene rings is 2. The summed E-state index contributed by atoms with van der Waals surface area (Å²) in [7, 11) is 1.94. The Bertz CT molecular complexity index is 639. The lowest BCUT2D eigenvalue weighted by molar-refractivity contribution is 0.358. The number of hydrogen-bond acceptors (Lipinski definition) is 2. The van der Waals surface area contributed by atoms with Crippen molar-refractivity contribution in [2.45, 2.75) is 19.4 Å². The zero-order chi connectivity index (χ0) is 14.1. The molecule has 0 radical (unpaired) electrons. The van der Waals surface area contributed by atoms with E-state index in [1.807, 2.05) is 13.1 Å². The second-order valence-electron chi connectivity index (χ2n) is 5.14. The largest absolute Gasteiger partial charge is 0.492 e. The fraction of sp³-hybridized carbons (Fsp3) is 0.294. The van der Waals surface area contributed by atoms with Gasteiger partial charge in [0.1, 0.15) is 5.75 Å². The first-order chi connectivity index (χ1) is 9.70. The number of fused-ring (bicyclic) bond motifs is 1. The fourth-order valence-electron chi connectivity index (χ4n) is 2.64. The summed E-state index contributed by atoms with van der Waals surface area (Å²) in [5, 5.41) is 4.01. The molecule has 3 rings (SSSR count). The zero-order valence-corrected chi connectivity index (χ0v) is 12.5. The number of nitrogens with one attached hydrogen (secondary N) is 1. The SMILES string of the molecule is CNC(C)c1ccc(-c2cccc3c2OCC3)cc1Cl. The van der Waals surface area contributed by atoms with E-state index >= 15 is 0 Å². The molecule has 1 aliphatic rings. The maximum atomic E-state index is 6.42. The van der Waals surface area contributed by atoms with Crippen LogP contribution < -0.4 is 10.1 Å². The molecule has 2 nitrogen and oxygen atoms in total. The molecule has 20 heavy (non-hydrogen) atoms. The molecule has 0 saturated heterocycles. The predicted octanol–water partition coefficient (Wildman–Crippen LogP) is 4.22. The average Bonchev–Trinajstić information content (AvgIpc) is 2.94. The first-order valence-corrected chi connectivity index (χ1v) is 7.30. The Kier molecular flexibility index (Phi) is 3.68. The highest BCUT2D eigenvalue weighted by Gasteiger charge is 2.17. The molecule has 1 unspecified atom stereocenters. The van der Waals surface area contributed by atoms with Crippen LogP contribution in [0.2, 0.25) is 5.02 Å². The number of hydrogen-bond donors (Lipinski definition) is 1. The van der Waals surface area contributed by atoms with Gasteiger partial charge in [-0.2, -0.15) is 0 Å². The van der Waals surface area contributed by atoms with E-state index in [1.165, 1.54) is 5.56 Å². The molecule has 0 fully saturated rings. The van der Waals surface area contributed by atoms with Crippen molar-refractivity contribution in [1.82, 2.24) is 5.32 Å². The molecular weight excluding hydrogens is 270 g/mol. The second kappa shape index (κ2) is 5.47. The molecule has 1 aliphatic heterocycles. The number of ether oxygens (including phenoxy) is 1. The molecule has 0 spiro atoms. The number of para-hydroxylation sites is 1. The summed E-state index contributed by atoms with van der Waals surface area (Å²) in [5.74, 6) is 1.01. The Labute approximate surface area is 124 Å². The summed E-state index contributed by atoms with van der Waals surface area (Å²) in [6.07, 6.45) is 0.992. The van der Waals surface area contributed by atoms with Crippen molar-refractivity contribution in [3.8, 4) is 16.9 Å². The first-order valence-electron chi connectivity index (χ1n) is 6.92. The molecule has 0 saturated carbocycles. The van der Waals surface area contributed by atoms with Crippen LogP contribution in [0.25, 0.3) is 11.1 Å². The van der Waals surface area contributed by atoms with Crippen LogP contribution in [0, 0.1) is 0 Å². The minimum Gasteiger partial charge on any atom is -0.492 e. The molecule has 2 aromatic carbocycles. The zero-order valence-electron chi connectivity index (χ0n) is 11.7. The van der Waals surface area contributed by atoms with E-state index in [-0.39, 0.29) is 6.04 Å². The minimum absolute atomic E-state index is 0.245. The summed E-state index contributed by atoms with van der Waals surface area (Å²) >= 11 is 6.42. The third kappa shape index (κ3) is 2.30. The van der Waals surface area contributed by atoms with Gasteiger partial charge in [0.25, 0.3) is 0 Å². The van der Waals surface area contributed by atoms with Crippen LogP contribution in [0.4, 0.5) is 0 Å². The normalized spacial score (nSPS) is 14.8. The lowest BCUT2D eigenvalue weighted by Gasteiger charge is -2.14. The number of halogens is 1. The predicted molar refractivity (Wildman–Crippen MR) is 83.6 cm³/mol. The molecule has 1 heterocycles. The van der Waals surface area contributed by atoms with Gasteiger partial charge in [-0.15, -0.1) is 0 Å². The van der Waals surface area contributed by atoms with Crippen molar-refractivity contribution in [2.24, 2.45) is 0 Å². The molecule has 0 amide bonds. The molecule has 3 heteroatoms. The van der Waals surface area contributed by atoms with E-state index < -0.39 is 0 Å². The van der Waals surface area contributed by atoms with Gasteiger partial charge in [0, 0.05) is 23.0 Å². The van der Waals surface area contributed by atoms with Crippen molar-refractivity contribution in [3.63, 3.8) is 0 Å². The summed E-state index contributed by atoms with van der Waals surface area (Å²) in [6.45, 7) is 2.87. The molecule has 0 aromatic heterocycles. The van der Waals surface area contributed by atoms with Gasteiger partial charge < -0.3 is 10.1 Å². The van der Waals surface area contributed by atoms with Crippen LogP contribution in [0.1, 0.15) is 24.1 Å². The van der Waals surface area contributed by atoms with Gasteiger partial charge in [-0.25, -0.2) is 0 Å². The fourth-order valence-corrected chi connectivity index (χ4v) is 2.99. The van der Waals surface area contributed by atoms with E-state index in [2.05, 4.69) is 42.6 Å². The summed E-state index contributed by atoms with van der Waals surface area (Å²) in [5.41, 5.74) is 4.64. The van der Waals surface area contributed by atoms with Crippen LogP contribution in [0.3, 0.4) is 0 Å². The Hall–Kier alpha value is -1.51. The van der Waals surface area contributed by atoms with Gasteiger partial charge in [0.15, 0.2) is 0 Å². The quantitative estimate of drug-likeness (QED) is 0.912. The Balaban J connectivity index is 2.04. The topological polar surface area (TPSA) is 21.3 Å². The van der Waals surface area contributed by atoms with E-state index in [4.69, 9.17) is 16.3 Å².